The number of hydrogen-bond acceptors (Lipinski definition) is 4. The van der Waals surface area contributed by atoms with Crippen LogP contribution in [0.15, 0.2) is 55.0 Å². The maximum absolute atomic E-state index is 12.3. The predicted molar refractivity (Wildman–Crippen MR) is 112 cm³/mol. The molecule has 0 saturated carbocycles. The zero-order valence-electron chi connectivity index (χ0n) is 15.9. The molecule has 3 aromatic rings. The number of halogens is 1. The van der Waals surface area contributed by atoms with E-state index in [1.165, 1.54) is 6.20 Å². The highest BCUT2D eigenvalue weighted by Crippen LogP contribution is 2.31. The third-order valence-corrected chi connectivity index (χ3v) is 5.28. The van der Waals surface area contributed by atoms with Gasteiger partial charge in [0.05, 0.1) is 5.02 Å². The molecule has 0 aliphatic carbocycles. The number of rotatable bonds is 4. The largest absolute Gasteiger partial charge is 0.347 e. The van der Waals surface area contributed by atoms with Gasteiger partial charge in [-0.1, -0.05) is 17.7 Å². The molecule has 0 radical (unpaired) electrons. The van der Waals surface area contributed by atoms with Crippen molar-refractivity contribution in [2.24, 2.45) is 0 Å². The summed E-state index contributed by atoms with van der Waals surface area (Å²) in [5.41, 5.74) is 5.15. The van der Waals surface area contributed by atoms with Gasteiger partial charge in [0.2, 0.25) is 5.91 Å². The number of hydrogen-bond donors (Lipinski definition) is 1. The van der Waals surface area contributed by atoms with Crippen LogP contribution in [0.2, 0.25) is 5.02 Å². The number of anilines is 1. The van der Waals surface area contributed by atoms with E-state index in [1.807, 2.05) is 18.2 Å². The molecule has 1 aliphatic heterocycles. The molecule has 7 heteroatoms. The van der Waals surface area contributed by atoms with Crippen LogP contribution in [0.4, 0.5) is 5.69 Å². The van der Waals surface area contributed by atoms with E-state index < -0.39 is 0 Å². The van der Waals surface area contributed by atoms with Gasteiger partial charge in [0, 0.05) is 49.9 Å². The van der Waals surface area contributed by atoms with Crippen LogP contribution in [-0.4, -0.2) is 28.8 Å². The van der Waals surface area contributed by atoms with E-state index in [2.05, 4.69) is 21.4 Å². The first-order valence-electron chi connectivity index (χ1n) is 9.25. The highest BCUT2D eigenvalue weighted by molar-refractivity contribution is 6.33. The van der Waals surface area contributed by atoms with Gasteiger partial charge >= 0.3 is 0 Å². The second-order valence-corrected chi connectivity index (χ2v) is 7.30. The number of nitrogens with zero attached hydrogens (tertiary/aromatic N) is 3. The molecule has 1 aliphatic rings. The fourth-order valence-corrected chi connectivity index (χ4v) is 3.60. The van der Waals surface area contributed by atoms with Gasteiger partial charge in [-0.05, 0) is 53.4 Å². The van der Waals surface area contributed by atoms with E-state index in [1.54, 1.807) is 36.5 Å². The summed E-state index contributed by atoms with van der Waals surface area (Å²) in [6.45, 7) is 0.314. The van der Waals surface area contributed by atoms with Crippen molar-refractivity contribution in [2.75, 3.05) is 11.9 Å². The van der Waals surface area contributed by atoms with Gasteiger partial charge in [-0.15, -0.1) is 0 Å². The smallest absolute Gasteiger partial charge is 0.271 e. The summed E-state index contributed by atoms with van der Waals surface area (Å²) >= 11 is 6.02. The van der Waals surface area contributed by atoms with Crippen molar-refractivity contribution in [1.29, 1.82) is 0 Å². The van der Waals surface area contributed by atoms with Gasteiger partial charge in [-0.3, -0.25) is 14.6 Å². The lowest BCUT2D eigenvalue weighted by atomic mass is 9.96. The predicted octanol–water partition coefficient (Wildman–Crippen LogP) is 3.64. The Morgan fingerprint density at radius 3 is 2.86 bits per heavy atom. The lowest BCUT2D eigenvalue weighted by molar-refractivity contribution is -0.118. The molecule has 146 valence electrons. The Balaban J connectivity index is 1.51. The normalized spacial score (nSPS) is 13.2. The fourth-order valence-electron chi connectivity index (χ4n) is 3.40. The average molecular weight is 407 g/mol. The number of benzene rings is 1. The molecule has 3 heterocycles. The zero-order chi connectivity index (χ0) is 20.4. The van der Waals surface area contributed by atoms with Crippen LogP contribution in [0.3, 0.4) is 0 Å². The van der Waals surface area contributed by atoms with E-state index >= 15 is 0 Å². The first kappa shape index (κ1) is 19.1. The van der Waals surface area contributed by atoms with E-state index in [0.717, 1.165) is 34.4 Å². The second-order valence-electron chi connectivity index (χ2n) is 6.89. The molecular formula is C22H19ClN4O2. The molecule has 29 heavy (non-hydrogen) atoms. The van der Waals surface area contributed by atoms with Crippen molar-refractivity contribution >= 4 is 29.1 Å². The van der Waals surface area contributed by atoms with Crippen LogP contribution < -0.4 is 10.2 Å². The molecule has 0 saturated heterocycles. The monoisotopic (exact) mass is 406 g/mol. The zero-order valence-corrected chi connectivity index (χ0v) is 16.6. The molecule has 2 amide bonds. The van der Waals surface area contributed by atoms with Crippen molar-refractivity contribution in [3.63, 3.8) is 0 Å². The summed E-state index contributed by atoms with van der Waals surface area (Å²) in [4.78, 5) is 34.2. The van der Waals surface area contributed by atoms with Gasteiger partial charge < -0.3 is 10.2 Å². The number of fused-ring (bicyclic) bond motifs is 1. The molecule has 0 unspecified atom stereocenters. The van der Waals surface area contributed by atoms with Crippen molar-refractivity contribution in [1.82, 2.24) is 15.3 Å². The van der Waals surface area contributed by atoms with Crippen molar-refractivity contribution < 1.29 is 9.59 Å². The van der Waals surface area contributed by atoms with Gasteiger partial charge in [-0.25, -0.2) is 4.98 Å². The topological polar surface area (TPSA) is 75.2 Å². The highest BCUT2D eigenvalue weighted by atomic mass is 35.5. The Bertz CT molecular complexity index is 1100. The number of carbonyl (C=O) groups is 2. The lowest BCUT2D eigenvalue weighted by Gasteiger charge is -2.26. The van der Waals surface area contributed by atoms with E-state index in [0.29, 0.717) is 18.0 Å². The summed E-state index contributed by atoms with van der Waals surface area (Å²) in [5, 5.41) is 3.14. The SMILES string of the molecule is CN1C(=O)CCc2cc(-c3cncc(CNC(=O)c4ncccc4Cl)c3)ccc21. The van der Waals surface area contributed by atoms with Crippen LogP contribution in [0.5, 0.6) is 0 Å². The highest BCUT2D eigenvalue weighted by Gasteiger charge is 2.21. The van der Waals surface area contributed by atoms with Gasteiger partial charge in [-0.2, -0.15) is 0 Å². The minimum Gasteiger partial charge on any atom is -0.347 e. The second kappa shape index (κ2) is 8.01. The van der Waals surface area contributed by atoms with Crippen LogP contribution in [0.25, 0.3) is 11.1 Å². The summed E-state index contributed by atoms with van der Waals surface area (Å²) < 4.78 is 0. The molecule has 0 atom stereocenters. The van der Waals surface area contributed by atoms with Gasteiger partial charge in [0.1, 0.15) is 5.69 Å². The van der Waals surface area contributed by atoms with Crippen LogP contribution in [0.1, 0.15) is 28.0 Å². The molecular weight excluding hydrogens is 388 g/mol. The Kier molecular flexibility index (Phi) is 5.27. The lowest BCUT2D eigenvalue weighted by Crippen LogP contribution is -2.30. The van der Waals surface area contributed by atoms with Crippen LogP contribution in [0, 0.1) is 0 Å². The van der Waals surface area contributed by atoms with Gasteiger partial charge in [0.15, 0.2) is 0 Å². The summed E-state index contributed by atoms with van der Waals surface area (Å²) in [6.07, 6.45) is 6.30. The van der Waals surface area contributed by atoms with E-state index in [9.17, 15) is 9.59 Å². The molecule has 1 N–H and O–H groups in total. The molecule has 0 fully saturated rings. The first-order valence-corrected chi connectivity index (χ1v) is 9.63. The summed E-state index contributed by atoms with van der Waals surface area (Å²) in [5.74, 6) is -0.194. The average Bonchev–Trinajstić information content (AvgIpc) is 2.75. The Morgan fingerprint density at radius 1 is 1.17 bits per heavy atom. The Hall–Kier alpha value is -3.25. The van der Waals surface area contributed by atoms with Crippen LogP contribution in [-0.2, 0) is 17.8 Å². The van der Waals surface area contributed by atoms with Crippen LogP contribution >= 0.6 is 11.6 Å². The number of carbonyl (C=O) groups excluding carboxylic acids is 2. The molecule has 0 spiro atoms. The molecule has 4 rings (SSSR count). The maximum Gasteiger partial charge on any atom is 0.271 e. The number of aryl methyl sites for hydroxylation is 1. The summed E-state index contributed by atoms with van der Waals surface area (Å²) in [6, 6.07) is 11.4. The van der Waals surface area contributed by atoms with Crippen molar-refractivity contribution in [2.45, 2.75) is 19.4 Å². The number of amides is 2. The Labute approximate surface area is 173 Å². The van der Waals surface area contributed by atoms with Crippen molar-refractivity contribution in [3.05, 3.63) is 76.8 Å². The Morgan fingerprint density at radius 2 is 2.03 bits per heavy atom. The number of nitrogens with one attached hydrogen (secondary N) is 1. The minimum atomic E-state index is -0.331. The fraction of sp³-hybridized carbons (Fsp3) is 0.182. The van der Waals surface area contributed by atoms with E-state index in [4.69, 9.17) is 11.6 Å². The molecule has 0 bridgehead atoms. The minimum absolute atomic E-state index is 0.137. The molecule has 1 aromatic carbocycles. The third-order valence-electron chi connectivity index (χ3n) is 4.98. The maximum atomic E-state index is 12.3. The number of pyridine rings is 2. The third kappa shape index (κ3) is 3.98. The summed E-state index contributed by atoms with van der Waals surface area (Å²) in [7, 11) is 1.80. The van der Waals surface area contributed by atoms with E-state index in [-0.39, 0.29) is 17.5 Å². The molecule has 2 aromatic heterocycles. The first-order chi connectivity index (χ1) is 14.0. The number of aromatic nitrogens is 2. The van der Waals surface area contributed by atoms with Gasteiger partial charge in [0.25, 0.3) is 5.91 Å². The quantitative estimate of drug-likeness (QED) is 0.717. The van der Waals surface area contributed by atoms with Crippen molar-refractivity contribution in [3.8, 4) is 11.1 Å². The standard InChI is InChI=1S/C22H19ClN4O2/c1-27-19-6-4-15(10-16(19)5-7-20(27)28)17-9-14(11-24-13-17)12-26-22(29)21-18(23)3-2-8-25-21/h2-4,6,8-11,13H,5,7,12H2,1H3,(H,26,29). The molecule has 6 nitrogen and oxygen atoms in total.